The molecular weight excluding hydrogens is 498 g/mol. The lowest BCUT2D eigenvalue weighted by atomic mass is 10.2. The molecule has 3 rings (SSSR count). The Labute approximate surface area is 199 Å². The van der Waals surface area contributed by atoms with Crippen molar-refractivity contribution in [3.8, 4) is 11.5 Å². The van der Waals surface area contributed by atoms with Crippen LogP contribution >= 0.6 is 39.3 Å². The Kier molecular flexibility index (Phi) is 8.82. The average molecular weight is 519 g/mol. The summed E-state index contributed by atoms with van der Waals surface area (Å²) in [5.41, 5.74) is 8.80. The van der Waals surface area contributed by atoms with E-state index < -0.39 is 0 Å². The van der Waals surface area contributed by atoms with Crippen molar-refractivity contribution in [1.82, 2.24) is 0 Å². The first kappa shape index (κ1) is 23.2. The van der Waals surface area contributed by atoms with E-state index in [4.69, 9.17) is 26.8 Å². The third kappa shape index (κ3) is 7.02. The lowest BCUT2D eigenvalue weighted by molar-refractivity contribution is 0.284. The van der Waals surface area contributed by atoms with Crippen LogP contribution in [0.25, 0.3) is 0 Å². The van der Waals surface area contributed by atoms with Crippen molar-refractivity contribution < 1.29 is 9.47 Å². The van der Waals surface area contributed by atoms with E-state index in [2.05, 4.69) is 26.1 Å². The van der Waals surface area contributed by atoms with Crippen LogP contribution in [0.15, 0.2) is 81.4 Å². The Morgan fingerprint density at radius 3 is 2.58 bits per heavy atom. The lowest BCUT2D eigenvalue weighted by Gasteiger charge is -2.13. The molecule has 0 aliphatic heterocycles. The Morgan fingerprint density at radius 1 is 1.10 bits per heavy atom. The van der Waals surface area contributed by atoms with Gasteiger partial charge in [-0.05, 0) is 39.7 Å². The number of amidine groups is 1. The number of halogens is 2. The highest BCUT2D eigenvalue weighted by Gasteiger charge is 2.10. The van der Waals surface area contributed by atoms with Crippen LogP contribution in [0, 0.1) is 0 Å². The largest absolute Gasteiger partial charge is 0.493 e. The molecule has 0 unspecified atom stereocenters. The minimum atomic E-state index is 0.329. The van der Waals surface area contributed by atoms with E-state index in [1.54, 1.807) is 13.3 Å². The van der Waals surface area contributed by atoms with E-state index in [1.807, 2.05) is 66.7 Å². The zero-order chi connectivity index (χ0) is 22.1. The summed E-state index contributed by atoms with van der Waals surface area (Å²) in [6, 6.07) is 21.3. The number of hydrogen-bond acceptors (Lipinski definition) is 5. The number of benzene rings is 3. The average Bonchev–Trinajstić information content (AvgIpc) is 2.79. The van der Waals surface area contributed by atoms with Crippen molar-refractivity contribution in [3.05, 3.63) is 92.9 Å². The van der Waals surface area contributed by atoms with Gasteiger partial charge in [0, 0.05) is 26.4 Å². The van der Waals surface area contributed by atoms with Gasteiger partial charge in [-0.1, -0.05) is 71.9 Å². The molecule has 2 N–H and O–H groups in total. The van der Waals surface area contributed by atoms with Crippen LogP contribution in [0.5, 0.6) is 11.5 Å². The smallest absolute Gasteiger partial charge is 0.180 e. The summed E-state index contributed by atoms with van der Waals surface area (Å²) >= 11 is 11.2. The Bertz CT molecular complexity index is 1080. The summed E-state index contributed by atoms with van der Waals surface area (Å²) in [4.78, 5) is 0. The highest BCUT2D eigenvalue weighted by atomic mass is 79.9. The molecule has 0 amide bonds. The third-order valence-electron chi connectivity index (χ3n) is 4.21. The molecule has 3 aromatic rings. The first-order valence-corrected chi connectivity index (χ1v) is 11.5. The number of nitrogens with zero attached hydrogens (tertiary/aromatic N) is 2. The Morgan fingerprint density at radius 2 is 1.84 bits per heavy atom. The maximum atomic E-state index is 6.20. The second-order valence-corrected chi connectivity index (χ2v) is 8.62. The number of ether oxygens (including phenoxy) is 2. The van der Waals surface area contributed by atoms with E-state index >= 15 is 0 Å². The van der Waals surface area contributed by atoms with Gasteiger partial charge in [0.05, 0.1) is 13.3 Å². The van der Waals surface area contributed by atoms with E-state index in [9.17, 15) is 0 Å². The Balaban J connectivity index is 1.65. The molecule has 0 saturated heterocycles. The summed E-state index contributed by atoms with van der Waals surface area (Å²) in [6.07, 6.45) is 1.61. The van der Waals surface area contributed by atoms with E-state index in [-0.39, 0.29) is 0 Å². The molecule has 0 fully saturated rings. The van der Waals surface area contributed by atoms with Crippen LogP contribution in [0.2, 0.25) is 5.02 Å². The number of methoxy groups -OCH3 is 1. The van der Waals surface area contributed by atoms with Gasteiger partial charge in [0.1, 0.15) is 6.61 Å². The van der Waals surface area contributed by atoms with Gasteiger partial charge in [-0.15, -0.1) is 5.10 Å². The SMILES string of the molecule is COc1cc(C=NN=C(N)SCc2ccccc2)c(Br)cc1OCc1ccccc1Cl. The molecule has 0 bridgehead atoms. The molecule has 160 valence electrons. The predicted molar refractivity (Wildman–Crippen MR) is 133 cm³/mol. The molecule has 3 aromatic carbocycles. The van der Waals surface area contributed by atoms with Gasteiger partial charge in [-0.3, -0.25) is 0 Å². The molecule has 31 heavy (non-hydrogen) atoms. The molecule has 5 nitrogen and oxygen atoms in total. The second kappa shape index (κ2) is 11.8. The molecule has 0 spiro atoms. The van der Waals surface area contributed by atoms with Crippen LogP contribution in [-0.4, -0.2) is 18.5 Å². The monoisotopic (exact) mass is 517 g/mol. The zero-order valence-electron chi connectivity index (χ0n) is 16.8. The molecule has 0 radical (unpaired) electrons. The van der Waals surface area contributed by atoms with Gasteiger partial charge in [0.2, 0.25) is 0 Å². The first-order chi connectivity index (χ1) is 15.1. The fourth-order valence-corrected chi connectivity index (χ4v) is 3.83. The molecule has 0 heterocycles. The van der Waals surface area contributed by atoms with Crippen LogP contribution in [0.3, 0.4) is 0 Å². The minimum absolute atomic E-state index is 0.329. The summed E-state index contributed by atoms with van der Waals surface area (Å²) in [5, 5.41) is 9.21. The standard InChI is InChI=1S/C23H21BrClN3O2S/c1-29-21-11-18(13-27-28-23(26)31-15-16-7-3-2-4-8-16)19(24)12-22(21)30-14-17-9-5-6-10-20(17)25/h2-13H,14-15H2,1H3,(H2,26,28). The predicted octanol–water partition coefficient (Wildman–Crippen LogP) is 6.27. The molecular formula is C23H21BrClN3O2S. The van der Waals surface area contributed by atoms with Gasteiger partial charge in [-0.2, -0.15) is 5.10 Å². The maximum absolute atomic E-state index is 6.20. The topological polar surface area (TPSA) is 69.2 Å². The van der Waals surface area contributed by atoms with Crippen molar-refractivity contribution in [3.63, 3.8) is 0 Å². The Hall–Kier alpha value is -2.48. The summed E-state index contributed by atoms with van der Waals surface area (Å²) in [6.45, 7) is 0.329. The van der Waals surface area contributed by atoms with Crippen molar-refractivity contribution >= 4 is 50.7 Å². The van der Waals surface area contributed by atoms with Gasteiger partial charge < -0.3 is 15.2 Å². The third-order valence-corrected chi connectivity index (χ3v) is 6.12. The van der Waals surface area contributed by atoms with Crippen LogP contribution in [0.4, 0.5) is 0 Å². The molecule has 0 atom stereocenters. The summed E-state index contributed by atoms with van der Waals surface area (Å²) in [5.74, 6) is 1.90. The summed E-state index contributed by atoms with van der Waals surface area (Å²) < 4.78 is 12.2. The van der Waals surface area contributed by atoms with Crippen LogP contribution in [-0.2, 0) is 12.4 Å². The van der Waals surface area contributed by atoms with Crippen LogP contribution in [0.1, 0.15) is 16.7 Å². The van der Waals surface area contributed by atoms with Gasteiger partial charge in [0.25, 0.3) is 0 Å². The lowest BCUT2D eigenvalue weighted by Crippen LogP contribution is -2.06. The quantitative estimate of drug-likeness (QED) is 0.217. The van der Waals surface area contributed by atoms with E-state index in [1.165, 1.54) is 17.3 Å². The zero-order valence-corrected chi connectivity index (χ0v) is 20.0. The van der Waals surface area contributed by atoms with Crippen molar-refractivity contribution in [2.45, 2.75) is 12.4 Å². The molecule has 0 aliphatic rings. The van der Waals surface area contributed by atoms with Crippen LogP contribution < -0.4 is 15.2 Å². The van der Waals surface area contributed by atoms with E-state index in [0.717, 1.165) is 21.4 Å². The fourth-order valence-electron chi connectivity index (χ4n) is 2.60. The molecule has 0 saturated carbocycles. The normalized spacial score (nSPS) is 11.6. The number of hydrogen-bond donors (Lipinski definition) is 1. The van der Waals surface area contributed by atoms with Gasteiger partial charge in [0.15, 0.2) is 16.7 Å². The second-order valence-electron chi connectivity index (χ2n) is 6.36. The summed E-state index contributed by atoms with van der Waals surface area (Å²) in [7, 11) is 1.59. The highest BCUT2D eigenvalue weighted by molar-refractivity contribution is 9.10. The van der Waals surface area contributed by atoms with Crippen molar-refractivity contribution in [2.24, 2.45) is 15.9 Å². The fraction of sp³-hybridized carbons (Fsp3) is 0.130. The molecule has 8 heteroatoms. The van der Waals surface area contributed by atoms with Gasteiger partial charge >= 0.3 is 0 Å². The first-order valence-electron chi connectivity index (χ1n) is 9.33. The number of rotatable bonds is 8. The molecule has 0 aliphatic carbocycles. The van der Waals surface area contributed by atoms with Crippen molar-refractivity contribution in [2.75, 3.05) is 7.11 Å². The molecule has 0 aromatic heterocycles. The maximum Gasteiger partial charge on any atom is 0.180 e. The van der Waals surface area contributed by atoms with Gasteiger partial charge in [-0.25, -0.2) is 0 Å². The highest BCUT2D eigenvalue weighted by Crippen LogP contribution is 2.34. The van der Waals surface area contributed by atoms with E-state index in [0.29, 0.717) is 28.3 Å². The number of thioether (sulfide) groups is 1. The minimum Gasteiger partial charge on any atom is -0.493 e. The number of nitrogens with two attached hydrogens (primary N) is 1. The van der Waals surface area contributed by atoms with Crippen molar-refractivity contribution in [1.29, 1.82) is 0 Å².